The molecule has 0 radical (unpaired) electrons. The number of nitrogens with zero attached hydrogens (tertiary/aromatic N) is 1. The minimum absolute atomic E-state index is 0.177. The van der Waals surface area contributed by atoms with Crippen molar-refractivity contribution in [2.75, 3.05) is 24.2 Å². The van der Waals surface area contributed by atoms with Crippen LogP contribution in [0.3, 0.4) is 0 Å². The zero-order valence-corrected chi connectivity index (χ0v) is 18.2. The van der Waals surface area contributed by atoms with Gasteiger partial charge in [0, 0.05) is 5.56 Å². The maximum atomic E-state index is 12.8. The second-order valence-corrected chi connectivity index (χ2v) is 9.36. The van der Waals surface area contributed by atoms with Gasteiger partial charge in [-0.05, 0) is 61.6 Å². The van der Waals surface area contributed by atoms with Gasteiger partial charge in [0.05, 0.1) is 25.1 Å². The maximum absolute atomic E-state index is 12.8. The lowest BCUT2D eigenvalue weighted by molar-refractivity contribution is -0.120. The average molecular weight is 431 g/mol. The predicted molar refractivity (Wildman–Crippen MR) is 115 cm³/mol. The van der Waals surface area contributed by atoms with E-state index in [9.17, 15) is 18.0 Å². The highest BCUT2D eigenvalue weighted by Crippen LogP contribution is 2.32. The lowest BCUT2D eigenvalue weighted by atomic mass is 9.87. The number of aryl methyl sites for hydroxylation is 1. The van der Waals surface area contributed by atoms with Gasteiger partial charge in [-0.15, -0.1) is 0 Å². The van der Waals surface area contributed by atoms with Gasteiger partial charge < -0.3 is 10.1 Å². The number of methoxy groups -OCH3 is 1. The molecule has 160 valence electrons. The van der Waals surface area contributed by atoms with Crippen LogP contribution < -0.4 is 14.4 Å². The summed E-state index contributed by atoms with van der Waals surface area (Å²) in [6.45, 7) is 1.05. The molecule has 30 heavy (non-hydrogen) atoms. The summed E-state index contributed by atoms with van der Waals surface area (Å²) >= 11 is 0. The van der Waals surface area contributed by atoms with Gasteiger partial charge in [-0.1, -0.05) is 18.2 Å². The van der Waals surface area contributed by atoms with Crippen LogP contribution >= 0.6 is 0 Å². The molecule has 1 N–H and O–H groups in total. The molecule has 1 aliphatic carbocycles. The Balaban J connectivity index is 1.80. The molecule has 0 spiro atoms. The molecule has 1 aliphatic rings. The van der Waals surface area contributed by atoms with Gasteiger partial charge in [0.25, 0.3) is 0 Å². The number of ether oxygens (including phenoxy) is 1. The molecule has 0 aliphatic heterocycles. The van der Waals surface area contributed by atoms with Gasteiger partial charge >= 0.3 is 0 Å². The Kier molecular flexibility index (Phi) is 6.45. The molecule has 7 nitrogen and oxygen atoms in total. The van der Waals surface area contributed by atoms with Crippen LogP contribution in [0.1, 0.15) is 47.3 Å². The minimum Gasteiger partial charge on any atom is -0.497 e. The summed E-state index contributed by atoms with van der Waals surface area (Å²) in [6, 6.07) is 11.9. The van der Waals surface area contributed by atoms with E-state index in [0.717, 1.165) is 46.7 Å². The van der Waals surface area contributed by atoms with Gasteiger partial charge in [0.15, 0.2) is 5.78 Å². The number of ketones is 1. The molecule has 0 heterocycles. The molecular formula is C22H26N2O5S. The van der Waals surface area contributed by atoms with Crippen molar-refractivity contribution >= 4 is 27.4 Å². The highest BCUT2D eigenvalue weighted by Gasteiger charge is 2.26. The summed E-state index contributed by atoms with van der Waals surface area (Å²) < 4.78 is 31.0. The molecule has 0 fully saturated rings. The van der Waals surface area contributed by atoms with E-state index in [-0.39, 0.29) is 24.1 Å². The van der Waals surface area contributed by atoms with Crippen LogP contribution in [-0.2, 0) is 21.2 Å². The van der Waals surface area contributed by atoms with E-state index >= 15 is 0 Å². The first-order chi connectivity index (χ1) is 14.2. The Bertz CT molecular complexity index is 1060. The van der Waals surface area contributed by atoms with Crippen LogP contribution in [0.4, 0.5) is 5.69 Å². The van der Waals surface area contributed by atoms with Crippen molar-refractivity contribution in [3.8, 4) is 5.75 Å². The van der Waals surface area contributed by atoms with E-state index in [1.54, 1.807) is 25.3 Å². The van der Waals surface area contributed by atoms with E-state index in [0.29, 0.717) is 5.56 Å². The lowest BCUT2D eigenvalue weighted by Gasteiger charge is -2.28. The Morgan fingerprint density at radius 1 is 1.20 bits per heavy atom. The van der Waals surface area contributed by atoms with Gasteiger partial charge in [0.1, 0.15) is 12.3 Å². The van der Waals surface area contributed by atoms with E-state index in [4.69, 9.17) is 4.74 Å². The molecule has 0 saturated heterocycles. The fourth-order valence-electron chi connectivity index (χ4n) is 3.72. The summed E-state index contributed by atoms with van der Waals surface area (Å²) in [4.78, 5) is 24.4. The Labute approximate surface area is 177 Å². The molecule has 2 aromatic rings. The van der Waals surface area contributed by atoms with E-state index in [2.05, 4.69) is 5.32 Å². The average Bonchev–Trinajstić information content (AvgIpc) is 2.71. The van der Waals surface area contributed by atoms with E-state index in [1.165, 1.54) is 13.0 Å². The number of nitrogens with one attached hydrogen (secondary N) is 1. The molecule has 2 aromatic carbocycles. The molecule has 3 rings (SSSR count). The predicted octanol–water partition coefficient (Wildman–Crippen LogP) is 2.86. The summed E-state index contributed by atoms with van der Waals surface area (Å²) in [5.74, 6) is 0.195. The minimum atomic E-state index is -3.72. The molecule has 8 heteroatoms. The smallest absolute Gasteiger partial charge is 0.241 e. The van der Waals surface area contributed by atoms with Gasteiger partial charge in [0.2, 0.25) is 15.9 Å². The molecule has 0 saturated carbocycles. The van der Waals surface area contributed by atoms with Gasteiger partial charge in [-0.3, -0.25) is 13.9 Å². The first-order valence-corrected chi connectivity index (χ1v) is 11.6. The number of benzene rings is 2. The molecule has 1 amide bonds. The van der Waals surface area contributed by atoms with Crippen molar-refractivity contribution in [1.82, 2.24) is 5.32 Å². The zero-order valence-electron chi connectivity index (χ0n) is 17.3. The van der Waals surface area contributed by atoms with Crippen molar-refractivity contribution in [3.05, 3.63) is 59.2 Å². The Morgan fingerprint density at radius 3 is 2.63 bits per heavy atom. The standard InChI is InChI=1S/C22H26N2O5S/c1-15(25)16-6-4-8-18(12-16)24(30(3,27)28)14-22(26)23-21-9-5-7-17-13-19(29-2)10-11-20(17)21/h4,6,8,10-13,21H,5,7,9,14H2,1-3H3,(H,23,26). The first kappa shape index (κ1) is 21.8. The number of anilines is 1. The number of carbonyl (C=O) groups is 2. The summed E-state index contributed by atoms with van der Waals surface area (Å²) in [5, 5.41) is 2.97. The third-order valence-electron chi connectivity index (χ3n) is 5.23. The normalized spacial score (nSPS) is 15.8. The Morgan fingerprint density at radius 2 is 1.97 bits per heavy atom. The van der Waals surface area contributed by atoms with Crippen LogP contribution in [0.5, 0.6) is 5.75 Å². The van der Waals surface area contributed by atoms with Crippen molar-refractivity contribution in [2.45, 2.75) is 32.2 Å². The SMILES string of the molecule is COc1ccc2c(c1)CCCC2NC(=O)CN(c1cccc(C(C)=O)c1)S(C)(=O)=O. The van der Waals surface area contributed by atoms with E-state index in [1.807, 2.05) is 18.2 Å². The second-order valence-electron chi connectivity index (χ2n) is 7.45. The number of amides is 1. The number of sulfonamides is 1. The number of Topliss-reactive ketones (excluding diaryl/α,β-unsaturated/α-hetero) is 1. The monoisotopic (exact) mass is 430 g/mol. The van der Waals surface area contributed by atoms with Crippen molar-refractivity contribution in [1.29, 1.82) is 0 Å². The summed E-state index contributed by atoms with van der Waals surface area (Å²) in [6.07, 6.45) is 3.65. The third-order valence-corrected chi connectivity index (χ3v) is 6.37. The highest BCUT2D eigenvalue weighted by atomic mass is 32.2. The Hall–Kier alpha value is -2.87. The number of hydrogen-bond acceptors (Lipinski definition) is 5. The molecular weight excluding hydrogens is 404 g/mol. The first-order valence-electron chi connectivity index (χ1n) is 9.74. The largest absolute Gasteiger partial charge is 0.497 e. The highest BCUT2D eigenvalue weighted by molar-refractivity contribution is 7.92. The van der Waals surface area contributed by atoms with Crippen LogP contribution in [0.25, 0.3) is 0 Å². The lowest BCUT2D eigenvalue weighted by Crippen LogP contribution is -2.42. The van der Waals surface area contributed by atoms with Crippen LogP contribution in [-0.4, -0.2) is 40.0 Å². The van der Waals surface area contributed by atoms with Crippen LogP contribution in [0, 0.1) is 0 Å². The topological polar surface area (TPSA) is 92.8 Å². The third kappa shape index (κ3) is 4.99. The van der Waals surface area contributed by atoms with Crippen LogP contribution in [0.2, 0.25) is 0 Å². The number of carbonyl (C=O) groups excluding carboxylic acids is 2. The van der Waals surface area contributed by atoms with Gasteiger partial charge in [-0.2, -0.15) is 0 Å². The molecule has 1 unspecified atom stereocenters. The van der Waals surface area contributed by atoms with E-state index < -0.39 is 15.9 Å². The number of hydrogen-bond donors (Lipinski definition) is 1. The zero-order chi connectivity index (χ0) is 21.9. The number of fused-ring (bicyclic) bond motifs is 1. The molecule has 0 aromatic heterocycles. The maximum Gasteiger partial charge on any atom is 0.241 e. The fraction of sp³-hybridized carbons (Fsp3) is 0.364. The number of rotatable bonds is 7. The second kappa shape index (κ2) is 8.87. The molecule has 0 bridgehead atoms. The summed E-state index contributed by atoms with van der Waals surface area (Å²) in [7, 11) is -2.11. The molecule has 1 atom stereocenters. The van der Waals surface area contributed by atoms with Gasteiger partial charge in [-0.25, -0.2) is 8.42 Å². The van der Waals surface area contributed by atoms with Crippen molar-refractivity contribution in [2.24, 2.45) is 0 Å². The summed E-state index contributed by atoms with van der Waals surface area (Å²) in [5.41, 5.74) is 2.82. The quantitative estimate of drug-likeness (QED) is 0.682. The fourth-order valence-corrected chi connectivity index (χ4v) is 4.57. The van der Waals surface area contributed by atoms with Crippen molar-refractivity contribution in [3.63, 3.8) is 0 Å². The van der Waals surface area contributed by atoms with Crippen LogP contribution in [0.15, 0.2) is 42.5 Å². The van der Waals surface area contributed by atoms with Crippen molar-refractivity contribution < 1.29 is 22.7 Å².